The summed E-state index contributed by atoms with van der Waals surface area (Å²) in [7, 11) is -3.14. The summed E-state index contributed by atoms with van der Waals surface area (Å²) < 4.78 is 30.7. The summed E-state index contributed by atoms with van der Waals surface area (Å²) in [5, 5.41) is 6.53. The Morgan fingerprint density at radius 2 is 1.80 bits per heavy atom. The Balaban J connectivity index is 1.25. The lowest BCUT2D eigenvalue weighted by molar-refractivity contribution is 0.372. The van der Waals surface area contributed by atoms with Crippen molar-refractivity contribution in [2.24, 2.45) is 4.99 Å². The Morgan fingerprint density at radius 1 is 1.06 bits per heavy atom. The van der Waals surface area contributed by atoms with Crippen LogP contribution in [0.1, 0.15) is 5.56 Å². The lowest BCUT2D eigenvalue weighted by atomic mass is 10.2. The molecule has 3 heterocycles. The van der Waals surface area contributed by atoms with E-state index in [0.717, 1.165) is 28.4 Å². The Bertz CT molecular complexity index is 1350. The minimum Gasteiger partial charge on any atom is -0.484 e. The number of aryl methyl sites for hydroxylation is 1. The third-order valence-electron chi connectivity index (χ3n) is 5.91. The number of ether oxygens (including phenoxy) is 1. The van der Waals surface area contributed by atoms with Crippen molar-refractivity contribution in [1.29, 1.82) is 0 Å². The van der Waals surface area contributed by atoms with Gasteiger partial charge in [-0.3, -0.25) is 0 Å². The summed E-state index contributed by atoms with van der Waals surface area (Å²) in [6.45, 7) is 4.56. The van der Waals surface area contributed by atoms with Crippen molar-refractivity contribution < 1.29 is 13.2 Å². The first kappa shape index (κ1) is 23.1. The minimum absolute atomic E-state index is 0.336. The van der Waals surface area contributed by atoms with Gasteiger partial charge in [-0.15, -0.1) is 0 Å². The Labute approximate surface area is 204 Å². The van der Waals surface area contributed by atoms with Crippen molar-refractivity contribution in [2.45, 2.75) is 6.92 Å². The normalized spacial score (nSPS) is 17.4. The molecular weight excluding hydrogens is 466 g/mol. The summed E-state index contributed by atoms with van der Waals surface area (Å²) >= 11 is 0. The molecule has 2 N–H and O–H groups in total. The topological polar surface area (TPSA) is 112 Å². The van der Waals surface area contributed by atoms with E-state index in [1.807, 2.05) is 55.5 Å². The molecule has 0 aliphatic carbocycles. The Morgan fingerprint density at radius 3 is 2.54 bits per heavy atom. The van der Waals surface area contributed by atoms with Crippen LogP contribution in [0.4, 0.5) is 28.8 Å². The van der Waals surface area contributed by atoms with Crippen molar-refractivity contribution in [3.8, 4) is 5.75 Å². The van der Waals surface area contributed by atoms with E-state index in [0.29, 0.717) is 50.4 Å². The molecule has 0 radical (unpaired) electrons. The lowest BCUT2D eigenvalue weighted by Crippen LogP contribution is -2.48. The van der Waals surface area contributed by atoms with Gasteiger partial charge in [0.25, 0.3) is 0 Å². The molecule has 0 spiro atoms. The van der Waals surface area contributed by atoms with Crippen LogP contribution in [0.25, 0.3) is 0 Å². The van der Waals surface area contributed by atoms with Gasteiger partial charge in [-0.2, -0.15) is 9.29 Å². The number of amidine groups is 1. The maximum Gasteiger partial charge on any atom is 0.229 e. The number of sulfonamides is 1. The first-order valence-corrected chi connectivity index (χ1v) is 13.2. The van der Waals surface area contributed by atoms with Crippen LogP contribution in [0.5, 0.6) is 5.75 Å². The van der Waals surface area contributed by atoms with Gasteiger partial charge in [-0.1, -0.05) is 12.1 Å². The maximum absolute atomic E-state index is 11.7. The Hall–Kier alpha value is -3.70. The fourth-order valence-electron chi connectivity index (χ4n) is 3.99. The number of fused-ring (bicyclic) bond motifs is 1. The van der Waals surface area contributed by atoms with Crippen molar-refractivity contribution in [2.75, 3.05) is 54.6 Å². The quantitative estimate of drug-likeness (QED) is 0.558. The number of hydrogen-bond donors (Lipinski definition) is 2. The fourth-order valence-corrected chi connectivity index (χ4v) is 4.82. The van der Waals surface area contributed by atoms with Crippen LogP contribution in [-0.2, 0) is 10.0 Å². The van der Waals surface area contributed by atoms with Gasteiger partial charge in [0, 0.05) is 49.3 Å². The van der Waals surface area contributed by atoms with Crippen LogP contribution in [0.3, 0.4) is 0 Å². The van der Waals surface area contributed by atoms with Gasteiger partial charge in [-0.05, 0) is 43.3 Å². The maximum atomic E-state index is 11.7. The van der Waals surface area contributed by atoms with Gasteiger partial charge in [0.2, 0.25) is 16.0 Å². The molecule has 2 aromatic carbocycles. The SMILES string of the molecule is Cc1cnc(Nc2ccc(N3CCN(S(C)(=O)=O)CC3)cc2)nc1N=C1COc2ccccc2N1. The molecule has 3 aromatic rings. The van der Waals surface area contributed by atoms with Crippen LogP contribution < -0.4 is 20.3 Å². The molecule has 2 aliphatic rings. The standard InChI is InChI=1S/C24H27N7O3S/c1-17-15-25-24(29-23(17)28-22-16-34-21-6-4-3-5-20(21)27-22)26-18-7-9-19(10-8-18)30-11-13-31(14-12-30)35(2,32)33/h3-10,15H,11-14,16H2,1-2H3,(H2,25,26,27,28,29). The molecule has 1 saturated heterocycles. The number of hydrogen-bond acceptors (Lipinski definition) is 8. The second kappa shape index (κ2) is 9.51. The van der Waals surface area contributed by atoms with Crippen LogP contribution in [0, 0.1) is 6.92 Å². The second-order valence-electron chi connectivity index (χ2n) is 8.49. The van der Waals surface area contributed by atoms with E-state index in [1.165, 1.54) is 10.6 Å². The molecule has 0 atom stereocenters. The van der Waals surface area contributed by atoms with Gasteiger partial charge < -0.3 is 20.3 Å². The number of aliphatic imine (C=N–C) groups is 1. The van der Waals surface area contributed by atoms with Crippen molar-refractivity contribution in [3.05, 3.63) is 60.3 Å². The smallest absolute Gasteiger partial charge is 0.229 e. The highest BCUT2D eigenvalue weighted by molar-refractivity contribution is 7.88. The van der Waals surface area contributed by atoms with Gasteiger partial charge in [0.05, 0.1) is 11.9 Å². The highest BCUT2D eigenvalue weighted by Gasteiger charge is 2.23. The zero-order chi connectivity index (χ0) is 24.4. The predicted molar refractivity (Wildman–Crippen MR) is 138 cm³/mol. The molecule has 10 nitrogen and oxygen atoms in total. The monoisotopic (exact) mass is 493 g/mol. The molecule has 0 bridgehead atoms. The van der Waals surface area contributed by atoms with Crippen LogP contribution >= 0.6 is 0 Å². The molecule has 182 valence electrons. The van der Waals surface area contributed by atoms with Gasteiger partial charge in [-0.25, -0.2) is 18.4 Å². The van der Waals surface area contributed by atoms with E-state index in [4.69, 9.17) is 4.74 Å². The molecule has 1 fully saturated rings. The number of nitrogens with zero attached hydrogens (tertiary/aromatic N) is 5. The van der Waals surface area contributed by atoms with E-state index in [9.17, 15) is 8.42 Å². The van der Waals surface area contributed by atoms with Crippen molar-refractivity contribution in [1.82, 2.24) is 14.3 Å². The average molecular weight is 494 g/mol. The largest absolute Gasteiger partial charge is 0.484 e. The van der Waals surface area contributed by atoms with Gasteiger partial charge >= 0.3 is 0 Å². The Kier molecular flexibility index (Phi) is 6.27. The molecule has 35 heavy (non-hydrogen) atoms. The molecular formula is C24H27N7O3S. The molecule has 0 amide bonds. The van der Waals surface area contributed by atoms with E-state index in [1.54, 1.807) is 6.20 Å². The molecule has 0 saturated carbocycles. The van der Waals surface area contributed by atoms with Gasteiger partial charge in [0.15, 0.2) is 5.82 Å². The van der Waals surface area contributed by atoms with Gasteiger partial charge in [0.1, 0.15) is 18.2 Å². The summed E-state index contributed by atoms with van der Waals surface area (Å²) in [5.41, 5.74) is 3.62. The zero-order valence-electron chi connectivity index (χ0n) is 19.6. The number of benzene rings is 2. The highest BCUT2D eigenvalue weighted by Crippen LogP contribution is 2.28. The third kappa shape index (κ3) is 5.36. The first-order valence-electron chi connectivity index (χ1n) is 11.3. The number of rotatable bonds is 5. The van der Waals surface area contributed by atoms with Crippen molar-refractivity contribution in [3.63, 3.8) is 0 Å². The molecule has 2 aliphatic heterocycles. The number of para-hydroxylation sites is 2. The zero-order valence-corrected chi connectivity index (χ0v) is 20.4. The minimum atomic E-state index is -3.14. The van der Waals surface area contributed by atoms with Crippen LogP contribution in [-0.4, -0.2) is 67.6 Å². The summed E-state index contributed by atoms with van der Waals surface area (Å²) in [5.74, 6) is 2.49. The summed E-state index contributed by atoms with van der Waals surface area (Å²) in [6, 6.07) is 15.7. The van der Waals surface area contributed by atoms with E-state index < -0.39 is 10.0 Å². The first-order chi connectivity index (χ1) is 16.8. The number of nitrogens with one attached hydrogen (secondary N) is 2. The fraction of sp³-hybridized carbons (Fsp3) is 0.292. The lowest BCUT2D eigenvalue weighted by Gasteiger charge is -2.34. The average Bonchev–Trinajstić information content (AvgIpc) is 2.86. The number of anilines is 4. The van der Waals surface area contributed by atoms with Crippen LogP contribution in [0.15, 0.2) is 59.7 Å². The highest BCUT2D eigenvalue weighted by atomic mass is 32.2. The molecule has 0 unspecified atom stereocenters. The summed E-state index contributed by atoms with van der Waals surface area (Å²) in [6.07, 6.45) is 2.99. The predicted octanol–water partition coefficient (Wildman–Crippen LogP) is 3.14. The van der Waals surface area contributed by atoms with E-state index in [2.05, 4.69) is 30.5 Å². The van der Waals surface area contributed by atoms with Crippen molar-refractivity contribution >= 4 is 44.7 Å². The number of aromatic nitrogens is 2. The van der Waals surface area contributed by atoms with E-state index >= 15 is 0 Å². The summed E-state index contributed by atoms with van der Waals surface area (Å²) in [4.78, 5) is 15.8. The molecule has 1 aromatic heterocycles. The van der Waals surface area contributed by atoms with Crippen LogP contribution in [0.2, 0.25) is 0 Å². The second-order valence-corrected chi connectivity index (χ2v) is 10.5. The number of piperazine rings is 1. The van der Waals surface area contributed by atoms with E-state index in [-0.39, 0.29) is 0 Å². The molecule has 11 heteroatoms. The third-order valence-corrected chi connectivity index (χ3v) is 7.22. The molecule has 5 rings (SSSR count).